The third-order valence-corrected chi connectivity index (χ3v) is 7.25. The van der Waals surface area contributed by atoms with Gasteiger partial charge in [-0.1, -0.05) is 38.1 Å². The minimum absolute atomic E-state index is 0.0536. The largest absolute Gasteiger partial charge is 0.414 e. The van der Waals surface area contributed by atoms with Gasteiger partial charge in [-0.3, -0.25) is 14.6 Å². The Morgan fingerprint density at radius 3 is 2.56 bits per heavy atom. The molecule has 2 aromatic rings. The van der Waals surface area contributed by atoms with Gasteiger partial charge in [0, 0.05) is 32.0 Å². The van der Waals surface area contributed by atoms with Gasteiger partial charge in [-0.15, -0.1) is 0 Å². The molecule has 1 fully saturated rings. The van der Waals surface area contributed by atoms with Gasteiger partial charge in [0.1, 0.15) is 0 Å². The predicted octanol–water partition coefficient (Wildman–Crippen LogP) is 3.71. The number of likely N-dealkylation sites (N-methyl/N-ethyl adjacent to an activating group) is 1. The first kappa shape index (κ1) is 25.9. The van der Waals surface area contributed by atoms with Crippen LogP contribution >= 0.6 is 0 Å². The van der Waals surface area contributed by atoms with Crippen molar-refractivity contribution in [1.29, 1.82) is 0 Å². The van der Waals surface area contributed by atoms with Gasteiger partial charge in [0.2, 0.25) is 5.91 Å². The second-order valence-electron chi connectivity index (χ2n) is 9.97. The number of nitrogens with zero attached hydrogens (tertiary/aromatic N) is 3. The summed E-state index contributed by atoms with van der Waals surface area (Å²) in [6.45, 7) is 5.92. The molecule has 194 valence electrons. The summed E-state index contributed by atoms with van der Waals surface area (Å²) >= 11 is 0. The van der Waals surface area contributed by atoms with Gasteiger partial charge in [0.05, 0.1) is 30.7 Å². The summed E-state index contributed by atoms with van der Waals surface area (Å²) < 4.78 is 47.7. The van der Waals surface area contributed by atoms with Crippen molar-refractivity contribution in [1.82, 2.24) is 14.8 Å². The number of aromatic nitrogens is 1. The number of nitrogens with one attached hydrogen (secondary N) is 1. The zero-order valence-corrected chi connectivity index (χ0v) is 20.8. The molecule has 0 unspecified atom stereocenters. The van der Waals surface area contributed by atoms with E-state index in [2.05, 4.69) is 36.3 Å². The fraction of sp³-hybridized carbons (Fsp3) is 0.500. The number of halogens is 3. The summed E-state index contributed by atoms with van der Waals surface area (Å²) in [5.41, 5.74) is 2.64. The lowest BCUT2D eigenvalue weighted by Crippen LogP contribution is -2.53. The number of morpholine rings is 1. The average Bonchev–Trinajstić information content (AvgIpc) is 3.08. The third-order valence-electron chi connectivity index (χ3n) is 7.25. The summed E-state index contributed by atoms with van der Waals surface area (Å²) in [4.78, 5) is 30.7. The van der Waals surface area contributed by atoms with Crippen LogP contribution in [-0.4, -0.2) is 71.7 Å². The number of ether oxygens (including phenoxy) is 1. The molecule has 36 heavy (non-hydrogen) atoms. The maximum absolute atomic E-state index is 14.1. The molecule has 1 aromatic carbocycles. The summed E-state index contributed by atoms with van der Waals surface area (Å²) in [5, 5.41) is 3.42. The molecule has 0 radical (unpaired) electrons. The highest BCUT2D eigenvalue weighted by molar-refractivity contribution is 5.83. The number of pyridine rings is 1. The smallest absolute Gasteiger partial charge is 0.380 e. The topological polar surface area (TPSA) is 74.8 Å². The number of hydrogen-bond donors (Lipinski definition) is 1. The molecular formula is C26H31F3N4O3. The van der Waals surface area contributed by atoms with Gasteiger partial charge in [-0.2, -0.15) is 13.2 Å². The van der Waals surface area contributed by atoms with Crippen LogP contribution in [0.3, 0.4) is 0 Å². The second kappa shape index (κ2) is 9.72. The second-order valence-corrected chi connectivity index (χ2v) is 9.97. The van der Waals surface area contributed by atoms with Gasteiger partial charge in [0.15, 0.2) is 12.1 Å². The summed E-state index contributed by atoms with van der Waals surface area (Å²) in [6, 6.07) is 8.86. The van der Waals surface area contributed by atoms with Crippen molar-refractivity contribution >= 4 is 17.5 Å². The highest BCUT2D eigenvalue weighted by Crippen LogP contribution is 2.40. The number of benzene rings is 1. The molecule has 2 amide bonds. The van der Waals surface area contributed by atoms with Crippen LogP contribution in [0.5, 0.6) is 0 Å². The molecule has 1 saturated heterocycles. The average molecular weight is 505 g/mol. The molecule has 10 heteroatoms. The number of fused-ring (bicyclic) bond motifs is 1. The van der Waals surface area contributed by atoms with Gasteiger partial charge in [0.25, 0.3) is 5.91 Å². The molecule has 7 nitrogen and oxygen atoms in total. The molecule has 0 bridgehead atoms. The van der Waals surface area contributed by atoms with Crippen molar-refractivity contribution in [2.75, 3.05) is 32.1 Å². The van der Waals surface area contributed by atoms with Crippen molar-refractivity contribution in [3.05, 3.63) is 59.4 Å². The highest BCUT2D eigenvalue weighted by Gasteiger charge is 2.48. The first-order valence-corrected chi connectivity index (χ1v) is 11.9. The van der Waals surface area contributed by atoms with Crippen LogP contribution in [0, 0.1) is 0 Å². The van der Waals surface area contributed by atoms with E-state index >= 15 is 0 Å². The summed E-state index contributed by atoms with van der Waals surface area (Å²) in [6.07, 6.45) is -3.74. The maximum Gasteiger partial charge on any atom is 0.414 e. The number of anilines is 1. The van der Waals surface area contributed by atoms with E-state index in [1.807, 2.05) is 12.1 Å². The fourth-order valence-electron chi connectivity index (χ4n) is 5.10. The molecule has 2 heterocycles. The Hall–Kier alpha value is -3.14. The lowest BCUT2D eigenvalue weighted by Gasteiger charge is -2.36. The number of alkyl halides is 3. The van der Waals surface area contributed by atoms with Gasteiger partial charge < -0.3 is 19.9 Å². The lowest BCUT2D eigenvalue weighted by molar-refractivity contribution is -0.196. The van der Waals surface area contributed by atoms with Crippen LogP contribution in [0.4, 0.5) is 18.9 Å². The van der Waals surface area contributed by atoms with Crippen LogP contribution in [0.2, 0.25) is 0 Å². The lowest BCUT2D eigenvalue weighted by atomic mass is 9.83. The Bertz CT molecular complexity index is 1120. The van der Waals surface area contributed by atoms with Crippen molar-refractivity contribution in [2.24, 2.45) is 0 Å². The van der Waals surface area contributed by atoms with Gasteiger partial charge >= 0.3 is 6.18 Å². The van der Waals surface area contributed by atoms with Crippen molar-refractivity contribution < 1.29 is 27.5 Å². The van der Waals surface area contributed by atoms with E-state index in [-0.39, 0.29) is 36.2 Å². The minimum Gasteiger partial charge on any atom is -0.380 e. The van der Waals surface area contributed by atoms with E-state index in [9.17, 15) is 22.8 Å². The van der Waals surface area contributed by atoms with E-state index in [1.165, 1.54) is 35.2 Å². The van der Waals surface area contributed by atoms with E-state index in [1.54, 1.807) is 6.07 Å². The van der Waals surface area contributed by atoms with Crippen molar-refractivity contribution in [2.45, 2.75) is 57.0 Å². The Balaban J connectivity index is 1.50. The predicted molar refractivity (Wildman–Crippen MR) is 128 cm³/mol. The Kier molecular flexibility index (Phi) is 7.01. The number of hydrogen-bond acceptors (Lipinski definition) is 5. The van der Waals surface area contributed by atoms with Gasteiger partial charge in [-0.05, 0) is 29.7 Å². The Morgan fingerprint density at radius 2 is 1.94 bits per heavy atom. The maximum atomic E-state index is 14.1. The number of rotatable bonds is 5. The molecule has 0 spiro atoms. The normalized spacial score (nSPS) is 22.0. The molecule has 3 atom stereocenters. The Labute approximate surface area is 208 Å². The minimum atomic E-state index is -4.75. The quantitative estimate of drug-likeness (QED) is 0.672. The number of carbonyl (C=O) groups is 2. The van der Waals surface area contributed by atoms with Crippen LogP contribution in [-0.2, 0) is 26.2 Å². The monoisotopic (exact) mass is 504 g/mol. The van der Waals surface area contributed by atoms with Crippen molar-refractivity contribution in [3.63, 3.8) is 0 Å². The van der Waals surface area contributed by atoms with Gasteiger partial charge in [-0.25, -0.2) is 0 Å². The fourth-order valence-corrected chi connectivity index (χ4v) is 5.10. The molecule has 0 saturated carbocycles. The van der Waals surface area contributed by atoms with Crippen LogP contribution in [0.25, 0.3) is 0 Å². The zero-order valence-electron chi connectivity index (χ0n) is 20.8. The number of carbonyl (C=O) groups excluding carboxylic acids is 2. The summed E-state index contributed by atoms with van der Waals surface area (Å²) in [7, 11) is 1.09. The van der Waals surface area contributed by atoms with Crippen molar-refractivity contribution in [3.8, 4) is 0 Å². The van der Waals surface area contributed by atoms with E-state index in [4.69, 9.17) is 4.74 Å². The molecular weight excluding hydrogens is 473 g/mol. The van der Waals surface area contributed by atoms with E-state index < -0.39 is 24.2 Å². The highest BCUT2D eigenvalue weighted by atomic mass is 19.4. The molecule has 2 aliphatic rings. The standard InChI is InChI=1S/C26H31F3N4O3/c1-16(34)33-11-12-36-21(15-33)24(35)32(4)23(26(27,28)29)20-10-9-18(14-30-20)31-22-13-17-7-5-6-8-19(17)25(22,2)3/h5-10,14,21-23,31H,11-13,15H2,1-4H3/t21-,22-,23-/m0/s1. The summed E-state index contributed by atoms with van der Waals surface area (Å²) in [5.74, 6) is -1.11. The first-order chi connectivity index (χ1) is 16.9. The first-order valence-electron chi connectivity index (χ1n) is 11.9. The Morgan fingerprint density at radius 1 is 1.22 bits per heavy atom. The number of amides is 2. The van der Waals surface area contributed by atoms with Crippen LogP contribution in [0.1, 0.15) is 43.6 Å². The zero-order chi connectivity index (χ0) is 26.3. The third kappa shape index (κ3) is 5.04. The van der Waals surface area contributed by atoms with Crippen LogP contribution in [0.15, 0.2) is 42.6 Å². The van der Waals surface area contributed by atoms with E-state index in [0.717, 1.165) is 13.5 Å². The molecule has 4 rings (SSSR count). The molecule has 1 aliphatic heterocycles. The molecule has 1 aromatic heterocycles. The SMILES string of the molecule is CC(=O)N1CCO[C@H](C(=O)N(C)[C@@H](c2ccc(N[C@H]3Cc4ccccc4C3(C)C)cn2)C(F)(F)F)C1. The molecule has 1 N–H and O–H groups in total. The molecule has 1 aliphatic carbocycles. The van der Waals surface area contributed by atoms with Crippen LogP contribution < -0.4 is 5.32 Å². The van der Waals surface area contributed by atoms with E-state index in [0.29, 0.717) is 17.1 Å².